The van der Waals surface area contributed by atoms with Gasteiger partial charge in [-0.1, -0.05) is 6.92 Å². The van der Waals surface area contributed by atoms with Crippen molar-refractivity contribution in [2.45, 2.75) is 50.3 Å². The molecule has 4 rings (SSSR count). The molecule has 1 amide bonds. The van der Waals surface area contributed by atoms with Crippen LogP contribution in [0.3, 0.4) is 0 Å². The Morgan fingerprint density at radius 3 is 2.54 bits per heavy atom. The number of anilines is 1. The Labute approximate surface area is 143 Å². The third-order valence-electron chi connectivity index (χ3n) is 5.51. The van der Waals surface area contributed by atoms with Gasteiger partial charge in [-0.2, -0.15) is 4.31 Å². The molecule has 5 nitrogen and oxygen atoms in total. The Morgan fingerprint density at radius 1 is 1.04 bits per heavy atom. The molecule has 3 aliphatic rings. The molecule has 0 bridgehead atoms. The minimum atomic E-state index is -3.44. The minimum Gasteiger partial charge on any atom is -0.312 e. The number of hydrogen-bond acceptors (Lipinski definition) is 3. The quantitative estimate of drug-likeness (QED) is 0.824. The molecule has 0 unspecified atom stereocenters. The molecule has 0 saturated carbocycles. The Kier molecular flexibility index (Phi) is 3.92. The van der Waals surface area contributed by atoms with Gasteiger partial charge in [-0.15, -0.1) is 0 Å². The van der Waals surface area contributed by atoms with Crippen LogP contribution in [0.15, 0.2) is 17.0 Å². The van der Waals surface area contributed by atoms with Gasteiger partial charge in [0, 0.05) is 26.1 Å². The molecule has 0 aliphatic carbocycles. The number of sulfonamides is 1. The van der Waals surface area contributed by atoms with Crippen LogP contribution in [0.5, 0.6) is 0 Å². The second-order valence-electron chi connectivity index (χ2n) is 7.35. The first-order valence-electron chi connectivity index (χ1n) is 8.93. The predicted octanol–water partition coefficient (Wildman–Crippen LogP) is 2.33. The number of aryl methyl sites for hydroxylation is 2. The van der Waals surface area contributed by atoms with Crippen molar-refractivity contribution < 1.29 is 13.2 Å². The summed E-state index contributed by atoms with van der Waals surface area (Å²) in [5.41, 5.74) is 3.04. The molecular formula is C18H24N2O3S. The van der Waals surface area contributed by atoms with Crippen molar-refractivity contribution in [1.82, 2.24) is 4.31 Å². The van der Waals surface area contributed by atoms with Gasteiger partial charge in [0.25, 0.3) is 0 Å². The SMILES string of the molecule is C[C@@H]1CCCN(S(=O)(=O)c2cc3c4c(c2)CCC(=O)N4CCC3)C1. The number of amides is 1. The highest BCUT2D eigenvalue weighted by atomic mass is 32.2. The fourth-order valence-electron chi connectivity index (χ4n) is 4.28. The lowest BCUT2D eigenvalue weighted by molar-refractivity contribution is -0.119. The molecule has 0 aromatic heterocycles. The Bertz CT molecular complexity index is 770. The monoisotopic (exact) mass is 348 g/mol. The molecule has 3 aliphatic heterocycles. The van der Waals surface area contributed by atoms with Gasteiger partial charge >= 0.3 is 0 Å². The maximum absolute atomic E-state index is 13.1. The lowest BCUT2D eigenvalue weighted by atomic mass is 9.92. The fraction of sp³-hybridized carbons (Fsp3) is 0.611. The first-order chi connectivity index (χ1) is 11.5. The maximum atomic E-state index is 13.1. The van der Waals surface area contributed by atoms with Crippen molar-refractivity contribution in [2.75, 3.05) is 24.5 Å². The number of carbonyl (C=O) groups is 1. The highest BCUT2D eigenvalue weighted by Gasteiger charge is 2.34. The fourth-order valence-corrected chi connectivity index (χ4v) is 5.98. The summed E-state index contributed by atoms with van der Waals surface area (Å²) in [4.78, 5) is 14.4. The van der Waals surface area contributed by atoms with E-state index in [2.05, 4.69) is 6.92 Å². The van der Waals surface area contributed by atoms with Crippen LogP contribution in [-0.4, -0.2) is 38.3 Å². The van der Waals surface area contributed by atoms with E-state index < -0.39 is 10.0 Å². The summed E-state index contributed by atoms with van der Waals surface area (Å²) in [6, 6.07) is 3.64. The molecule has 1 fully saturated rings. The van der Waals surface area contributed by atoms with Crippen LogP contribution in [0.2, 0.25) is 0 Å². The van der Waals surface area contributed by atoms with E-state index in [9.17, 15) is 13.2 Å². The molecule has 0 spiro atoms. The standard InChI is InChI=1S/C18H24N2O3S/c1-13-4-2-8-19(12-13)24(22,23)16-10-14-5-3-9-20-17(21)7-6-15(11-16)18(14)20/h10-11,13H,2-9,12H2,1H3/t13-/m1/s1. The van der Waals surface area contributed by atoms with Crippen LogP contribution in [0.25, 0.3) is 0 Å². The van der Waals surface area contributed by atoms with E-state index in [4.69, 9.17) is 0 Å². The van der Waals surface area contributed by atoms with Crippen LogP contribution in [0.1, 0.15) is 43.7 Å². The predicted molar refractivity (Wildman–Crippen MR) is 92.6 cm³/mol. The van der Waals surface area contributed by atoms with Crippen molar-refractivity contribution in [3.63, 3.8) is 0 Å². The molecule has 1 aromatic carbocycles. The summed E-state index contributed by atoms with van der Waals surface area (Å²) in [5.74, 6) is 0.585. The maximum Gasteiger partial charge on any atom is 0.243 e. The smallest absolute Gasteiger partial charge is 0.243 e. The topological polar surface area (TPSA) is 57.7 Å². The first kappa shape index (κ1) is 16.1. The molecule has 1 aromatic rings. The summed E-state index contributed by atoms with van der Waals surface area (Å²) >= 11 is 0. The van der Waals surface area contributed by atoms with Crippen LogP contribution < -0.4 is 4.90 Å². The van der Waals surface area contributed by atoms with E-state index in [1.165, 1.54) is 0 Å². The second-order valence-corrected chi connectivity index (χ2v) is 9.29. The van der Waals surface area contributed by atoms with Gasteiger partial charge < -0.3 is 4.90 Å². The lowest BCUT2D eigenvalue weighted by Crippen LogP contribution is -2.41. The van der Waals surface area contributed by atoms with Crippen LogP contribution in [-0.2, 0) is 27.7 Å². The van der Waals surface area contributed by atoms with Gasteiger partial charge in [-0.05, 0) is 61.3 Å². The number of carbonyl (C=O) groups excluding carboxylic acids is 1. The zero-order chi connectivity index (χ0) is 16.9. The number of piperidine rings is 1. The van der Waals surface area contributed by atoms with Crippen molar-refractivity contribution in [2.24, 2.45) is 5.92 Å². The Morgan fingerprint density at radius 2 is 1.79 bits per heavy atom. The summed E-state index contributed by atoms with van der Waals surface area (Å²) in [6.07, 6.45) is 4.92. The van der Waals surface area contributed by atoms with E-state index in [0.29, 0.717) is 36.7 Å². The second kappa shape index (κ2) is 5.85. The van der Waals surface area contributed by atoms with Gasteiger partial charge in [0.2, 0.25) is 15.9 Å². The molecular weight excluding hydrogens is 324 g/mol. The number of rotatable bonds is 2. The third kappa shape index (κ3) is 2.56. The molecule has 0 radical (unpaired) electrons. The molecule has 6 heteroatoms. The summed E-state index contributed by atoms with van der Waals surface area (Å²) in [7, 11) is -3.44. The van der Waals surface area contributed by atoms with Crippen LogP contribution in [0, 0.1) is 5.92 Å². The van der Waals surface area contributed by atoms with E-state index >= 15 is 0 Å². The van der Waals surface area contributed by atoms with Gasteiger partial charge in [-0.3, -0.25) is 4.79 Å². The molecule has 130 valence electrons. The van der Waals surface area contributed by atoms with Gasteiger partial charge in [-0.25, -0.2) is 8.42 Å². The minimum absolute atomic E-state index is 0.170. The van der Waals surface area contributed by atoms with Crippen molar-refractivity contribution in [3.05, 3.63) is 23.3 Å². The largest absolute Gasteiger partial charge is 0.312 e. The van der Waals surface area contributed by atoms with Crippen molar-refractivity contribution in [1.29, 1.82) is 0 Å². The van der Waals surface area contributed by atoms with Crippen molar-refractivity contribution in [3.8, 4) is 0 Å². The Hall–Kier alpha value is -1.40. The molecule has 1 atom stereocenters. The average Bonchev–Trinajstić information content (AvgIpc) is 2.58. The van der Waals surface area contributed by atoms with Gasteiger partial charge in [0.1, 0.15) is 0 Å². The van der Waals surface area contributed by atoms with E-state index in [1.54, 1.807) is 4.31 Å². The van der Waals surface area contributed by atoms with E-state index in [0.717, 1.165) is 49.0 Å². The average molecular weight is 348 g/mol. The van der Waals surface area contributed by atoms with Crippen LogP contribution >= 0.6 is 0 Å². The highest BCUT2D eigenvalue weighted by Crippen LogP contribution is 2.38. The van der Waals surface area contributed by atoms with Gasteiger partial charge in [0.15, 0.2) is 0 Å². The lowest BCUT2D eigenvalue weighted by Gasteiger charge is -2.36. The third-order valence-corrected chi connectivity index (χ3v) is 7.35. The summed E-state index contributed by atoms with van der Waals surface area (Å²) in [5, 5.41) is 0. The van der Waals surface area contributed by atoms with Crippen molar-refractivity contribution >= 4 is 21.6 Å². The van der Waals surface area contributed by atoms with E-state index in [1.807, 2.05) is 17.0 Å². The number of benzene rings is 1. The normalized spacial score (nSPS) is 24.8. The Balaban J connectivity index is 1.76. The molecule has 0 N–H and O–H groups in total. The van der Waals surface area contributed by atoms with E-state index in [-0.39, 0.29) is 5.91 Å². The molecule has 1 saturated heterocycles. The van der Waals surface area contributed by atoms with Crippen LogP contribution in [0.4, 0.5) is 5.69 Å². The molecule has 24 heavy (non-hydrogen) atoms. The summed E-state index contributed by atoms with van der Waals surface area (Å²) < 4.78 is 27.8. The molecule has 3 heterocycles. The number of hydrogen-bond donors (Lipinski definition) is 0. The highest BCUT2D eigenvalue weighted by molar-refractivity contribution is 7.89. The summed E-state index contributed by atoms with van der Waals surface area (Å²) in [6.45, 7) is 4.10. The van der Waals surface area contributed by atoms with Gasteiger partial charge in [0.05, 0.1) is 10.6 Å². The first-order valence-corrected chi connectivity index (χ1v) is 10.4. The zero-order valence-electron chi connectivity index (χ0n) is 14.1. The number of nitrogens with zero attached hydrogens (tertiary/aromatic N) is 2. The zero-order valence-corrected chi connectivity index (χ0v) is 14.9.